The van der Waals surface area contributed by atoms with E-state index in [4.69, 9.17) is 4.74 Å². The number of ether oxygens (including phenoxy) is 1. The fourth-order valence-electron chi connectivity index (χ4n) is 2.45. The highest BCUT2D eigenvalue weighted by Crippen LogP contribution is 2.32. The molecule has 0 radical (unpaired) electrons. The van der Waals surface area contributed by atoms with Gasteiger partial charge in [-0.15, -0.1) is 0 Å². The van der Waals surface area contributed by atoms with Crippen molar-refractivity contribution in [2.24, 2.45) is 0 Å². The zero-order valence-electron chi connectivity index (χ0n) is 11.5. The molecule has 5 heteroatoms. The first kappa shape index (κ1) is 13.1. The average Bonchev–Trinajstić information content (AvgIpc) is 3.26. The second kappa shape index (κ2) is 5.25. The number of hydrogen-bond donors (Lipinski definition) is 1. The molecule has 1 aromatic carbocycles. The predicted octanol–water partition coefficient (Wildman–Crippen LogP) is 1.37. The number of nitrogens with one attached hydrogen (secondary N) is 1. The van der Waals surface area contributed by atoms with Crippen LogP contribution in [0.4, 0.5) is 5.69 Å². The summed E-state index contributed by atoms with van der Waals surface area (Å²) in [5.41, 5.74) is 1.15. The third-order valence-corrected chi connectivity index (χ3v) is 3.75. The lowest BCUT2D eigenvalue weighted by atomic mass is 10.1. The molecule has 0 spiro atoms. The first-order valence-corrected chi connectivity index (χ1v) is 6.98. The monoisotopic (exact) mass is 274 g/mol. The van der Waals surface area contributed by atoms with E-state index in [-0.39, 0.29) is 0 Å². The molecule has 0 aromatic heterocycles. The maximum absolute atomic E-state index is 12.0. The Kier molecular flexibility index (Phi) is 3.44. The van der Waals surface area contributed by atoms with E-state index in [2.05, 4.69) is 5.32 Å². The quantitative estimate of drug-likeness (QED) is 0.628. The van der Waals surface area contributed by atoms with Crippen LogP contribution in [0.3, 0.4) is 0 Å². The van der Waals surface area contributed by atoms with Crippen LogP contribution in [0.25, 0.3) is 0 Å². The van der Waals surface area contributed by atoms with E-state index in [1.54, 1.807) is 30.2 Å². The van der Waals surface area contributed by atoms with Gasteiger partial charge in [-0.2, -0.15) is 0 Å². The Morgan fingerprint density at radius 3 is 2.85 bits per heavy atom. The molecule has 1 heterocycles. The zero-order valence-corrected chi connectivity index (χ0v) is 11.5. The minimum atomic E-state index is -0.431. The molecule has 1 aromatic rings. The van der Waals surface area contributed by atoms with E-state index in [1.165, 1.54) is 12.8 Å². The molecule has 1 saturated carbocycles. The highest BCUT2D eigenvalue weighted by Gasteiger charge is 2.35. The SMILES string of the molecule is COc1ccc2c(c1)N(CCCNC1CC1)C(=O)C2=O. The van der Waals surface area contributed by atoms with Crippen molar-refractivity contribution in [2.45, 2.75) is 25.3 Å². The normalized spacial score (nSPS) is 17.6. The lowest BCUT2D eigenvalue weighted by Crippen LogP contribution is -2.32. The summed E-state index contributed by atoms with van der Waals surface area (Å²) in [5.74, 6) is -0.190. The van der Waals surface area contributed by atoms with Crippen LogP contribution in [-0.4, -0.2) is 37.9 Å². The molecule has 1 aliphatic heterocycles. The number of hydrogen-bond acceptors (Lipinski definition) is 4. The summed E-state index contributed by atoms with van der Waals surface area (Å²) >= 11 is 0. The summed E-state index contributed by atoms with van der Waals surface area (Å²) in [6, 6.07) is 5.80. The van der Waals surface area contributed by atoms with Gasteiger partial charge in [0.1, 0.15) is 5.75 Å². The van der Waals surface area contributed by atoms with Gasteiger partial charge in [-0.1, -0.05) is 0 Å². The van der Waals surface area contributed by atoms with E-state index in [0.29, 0.717) is 29.6 Å². The smallest absolute Gasteiger partial charge is 0.299 e. The van der Waals surface area contributed by atoms with Crippen molar-refractivity contribution in [3.05, 3.63) is 23.8 Å². The average molecular weight is 274 g/mol. The van der Waals surface area contributed by atoms with E-state index in [0.717, 1.165) is 13.0 Å². The molecule has 1 fully saturated rings. The van der Waals surface area contributed by atoms with Crippen molar-refractivity contribution in [3.63, 3.8) is 0 Å². The van der Waals surface area contributed by atoms with Crippen molar-refractivity contribution in [1.82, 2.24) is 5.32 Å². The van der Waals surface area contributed by atoms with Crippen LogP contribution in [0, 0.1) is 0 Å². The fourth-order valence-corrected chi connectivity index (χ4v) is 2.45. The Bertz CT molecular complexity index is 552. The minimum Gasteiger partial charge on any atom is -0.497 e. The number of fused-ring (bicyclic) bond motifs is 1. The molecular weight excluding hydrogens is 256 g/mol. The Morgan fingerprint density at radius 1 is 1.35 bits per heavy atom. The van der Waals surface area contributed by atoms with Gasteiger partial charge < -0.3 is 15.0 Å². The largest absolute Gasteiger partial charge is 0.497 e. The molecule has 0 atom stereocenters. The summed E-state index contributed by atoms with van der Waals surface area (Å²) in [6.07, 6.45) is 3.34. The number of ketones is 1. The Labute approximate surface area is 117 Å². The lowest BCUT2D eigenvalue weighted by Gasteiger charge is -2.17. The van der Waals surface area contributed by atoms with Crippen LogP contribution in [0.15, 0.2) is 18.2 Å². The van der Waals surface area contributed by atoms with Crippen LogP contribution < -0.4 is 15.0 Å². The molecule has 106 valence electrons. The number of carbonyl (C=O) groups excluding carboxylic acids is 2. The molecule has 1 amide bonds. The molecule has 1 N–H and O–H groups in total. The maximum Gasteiger partial charge on any atom is 0.299 e. The Balaban J connectivity index is 1.70. The minimum absolute atomic E-state index is 0.419. The molecular formula is C15H18N2O3. The number of methoxy groups -OCH3 is 1. The zero-order chi connectivity index (χ0) is 14.1. The molecule has 0 bridgehead atoms. The van der Waals surface area contributed by atoms with E-state index < -0.39 is 11.7 Å². The Hall–Kier alpha value is -1.88. The predicted molar refractivity (Wildman–Crippen MR) is 75.3 cm³/mol. The van der Waals surface area contributed by atoms with Gasteiger partial charge in [0.05, 0.1) is 18.4 Å². The number of rotatable bonds is 6. The number of anilines is 1. The second-order valence-electron chi connectivity index (χ2n) is 5.25. The number of Topliss-reactive ketones (excluding diaryl/α,β-unsaturated/α-hetero) is 1. The van der Waals surface area contributed by atoms with Gasteiger partial charge in [-0.25, -0.2) is 0 Å². The number of carbonyl (C=O) groups is 2. The van der Waals surface area contributed by atoms with Gasteiger partial charge in [0, 0.05) is 18.7 Å². The van der Waals surface area contributed by atoms with Crippen molar-refractivity contribution < 1.29 is 14.3 Å². The van der Waals surface area contributed by atoms with Gasteiger partial charge in [0.25, 0.3) is 11.7 Å². The molecule has 1 aliphatic carbocycles. The molecule has 2 aliphatic rings. The Morgan fingerprint density at radius 2 is 2.15 bits per heavy atom. The van der Waals surface area contributed by atoms with Crippen molar-refractivity contribution >= 4 is 17.4 Å². The third kappa shape index (κ3) is 2.41. The maximum atomic E-state index is 12.0. The van der Waals surface area contributed by atoms with Crippen molar-refractivity contribution in [1.29, 1.82) is 0 Å². The van der Waals surface area contributed by atoms with Crippen molar-refractivity contribution in [3.8, 4) is 5.75 Å². The van der Waals surface area contributed by atoms with Crippen LogP contribution in [-0.2, 0) is 4.79 Å². The first-order valence-electron chi connectivity index (χ1n) is 6.98. The molecule has 0 unspecified atom stereocenters. The van der Waals surface area contributed by atoms with Crippen LogP contribution >= 0.6 is 0 Å². The molecule has 5 nitrogen and oxygen atoms in total. The van der Waals surface area contributed by atoms with Gasteiger partial charge in [-0.05, 0) is 37.9 Å². The summed E-state index contributed by atoms with van der Waals surface area (Å²) in [6.45, 7) is 1.44. The second-order valence-corrected chi connectivity index (χ2v) is 5.25. The summed E-state index contributed by atoms with van der Waals surface area (Å²) < 4.78 is 5.16. The van der Waals surface area contributed by atoms with Gasteiger partial charge in [0.15, 0.2) is 0 Å². The van der Waals surface area contributed by atoms with Gasteiger partial charge in [0.2, 0.25) is 0 Å². The van der Waals surface area contributed by atoms with E-state index in [9.17, 15) is 9.59 Å². The third-order valence-electron chi connectivity index (χ3n) is 3.75. The van der Waals surface area contributed by atoms with Crippen LogP contribution in [0.1, 0.15) is 29.6 Å². The highest BCUT2D eigenvalue weighted by atomic mass is 16.5. The van der Waals surface area contributed by atoms with Crippen molar-refractivity contribution in [2.75, 3.05) is 25.1 Å². The summed E-state index contributed by atoms with van der Waals surface area (Å²) in [5, 5.41) is 3.41. The molecule has 20 heavy (non-hydrogen) atoms. The van der Waals surface area contributed by atoms with E-state index >= 15 is 0 Å². The number of benzene rings is 1. The van der Waals surface area contributed by atoms with Crippen LogP contribution in [0.2, 0.25) is 0 Å². The van der Waals surface area contributed by atoms with Crippen LogP contribution in [0.5, 0.6) is 5.75 Å². The van der Waals surface area contributed by atoms with Gasteiger partial charge in [-0.3, -0.25) is 9.59 Å². The highest BCUT2D eigenvalue weighted by molar-refractivity contribution is 6.52. The molecule has 3 rings (SSSR count). The number of amides is 1. The standard InChI is InChI=1S/C15H18N2O3/c1-20-11-5-6-12-13(9-11)17(15(19)14(12)18)8-2-7-16-10-3-4-10/h5-6,9-10,16H,2-4,7-8H2,1H3. The molecule has 0 saturated heterocycles. The first-order chi connectivity index (χ1) is 9.70. The topological polar surface area (TPSA) is 58.6 Å². The van der Waals surface area contributed by atoms with E-state index in [1.807, 2.05) is 0 Å². The number of nitrogens with zero attached hydrogens (tertiary/aromatic N) is 1. The van der Waals surface area contributed by atoms with Gasteiger partial charge >= 0.3 is 0 Å². The summed E-state index contributed by atoms with van der Waals surface area (Å²) in [7, 11) is 1.57. The summed E-state index contributed by atoms with van der Waals surface area (Å²) in [4.78, 5) is 25.5. The fraction of sp³-hybridized carbons (Fsp3) is 0.467. The lowest BCUT2D eigenvalue weighted by molar-refractivity contribution is -0.114.